The standard InChI is InChI=1S/C26H24P/c1-21-18-19-26(22(2)20-21)27(23-12-6-3-7-13-23,24-14-8-4-9-15-24)25-16-10-5-11-17-25/h3-20H,1-2H3/q+1. The Hall–Kier alpha value is -2.69. The highest BCUT2D eigenvalue weighted by atomic mass is 31.2. The van der Waals surface area contributed by atoms with Crippen molar-refractivity contribution >= 4 is 28.5 Å². The van der Waals surface area contributed by atoms with E-state index in [0.717, 1.165) is 0 Å². The lowest BCUT2D eigenvalue weighted by molar-refractivity contribution is 1.41. The summed E-state index contributed by atoms with van der Waals surface area (Å²) in [5, 5.41) is 5.63. The van der Waals surface area contributed by atoms with E-state index in [-0.39, 0.29) is 0 Å². The molecular formula is C26H24P+. The topological polar surface area (TPSA) is 0 Å². The summed E-state index contributed by atoms with van der Waals surface area (Å²) in [4.78, 5) is 0. The summed E-state index contributed by atoms with van der Waals surface area (Å²) in [7, 11) is -1.96. The van der Waals surface area contributed by atoms with Crippen molar-refractivity contribution in [2.45, 2.75) is 13.8 Å². The van der Waals surface area contributed by atoms with Gasteiger partial charge in [-0.3, -0.25) is 0 Å². The van der Waals surface area contributed by atoms with Gasteiger partial charge in [0.1, 0.15) is 28.5 Å². The van der Waals surface area contributed by atoms with Crippen LogP contribution in [0.25, 0.3) is 0 Å². The highest BCUT2D eigenvalue weighted by Gasteiger charge is 2.48. The maximum atomic E-state index is 2.35. The Bertz CT molecular complexity index is 925. The Morgan fingerprint density at radius 1 is 0.481 bits per heavy atom. The quantitative estimate of drug-likeness (QED) is 0.449. The largest absolute Gasteiger partial charge is 0.144 e. The van der Waals surface area contributed by atoms with Crippen LogP contribution in [0.15, 0.2) is 109 Å². The molecule has 4 aromatic carbocycles. The van der Waals surface area contributed by atoms with Crippen LogP contribution in [0.3, 0.4) is 0 Å². The van der Waals surface area contributed by atoms with Crippen molar-refractivity contribution in [1.29, 1.82) is 0 Å². The Balaban J connectivity index is 2.16. The van der Waals surface area contributed by atoms with Crippen LogP contribution in [0.1, 0.15) is 11.1 Å². The SMILES string of the molecule is Cc1ccc([P+](c2ccccc2)(c2ccccc2)c2ccccc2)c(C)c1. The highest BCUT2D eigenvalue weighted by molar-refractivity contribution is 8.01. The molecule has 0 N–H and O–H groups in total. The van der Waals surface area contributed by atoms with Crippen LogP contribution >= 0.6 is 7.26 Å². The molecule has 0 aliphatic heterocycles. The van der Waals surface area contributed by atoms with Gasteiger partial charge in [-0.15, -0.1) is 0 Å². The van der Waals surface area contributed by atoms with Crippen molar-refractivity contribution < 1.29 is 0 Å². The molecule has 0 fully saturated rings. The number of hydrogen-bond acceptors (Lipinski definition) is 0. The van der Waals surface area contributed by atoms with E-state index in [1.165, 1.54) is 32.3 Å². The van der Waals surface area contributed by atoms with E-state index in [9.17, 15) is 0 Å². The summed E-state index contributed by atoms with van der Waals surface area (Å²) in [6.45, 7) is 4.43. The van der Waals surface area contributed by atoms with Crippen LogP contribution < -0.4 is 21.2 Å². The van der Waals surface area contributed by atoms with Crippen molar-refractivity contribution in [3.8, 4) is 0 Å². The summed E-state index contributed by atoms with van der Waals surface area (Å²) in [5.41, 5.74) is 2.67. The van der Waals surface area contributed by atoms with Gasteiger partial charge in [0, 0.05) is 0 Å². The van der Waals surface area contributed by atoms with Gasteiger partial charge in [-0.05, 0) is 61.9 Å². The van der Waals surface area contributed by atoms with Gasteiger partial charge in [0.25, 0.3) is 0 Å². The summed E-state index contributed by atoms with van der Waals surface area (Å²) >= 11 is 0. The third kappa shape index (κ3) is 3.11. The number of benzene rings is 4. The average Bonchev–Trinajstić information content (AvgIpc) is 2.72. The van der Waals surface area contributed by atoms with E-state index in [1.807, 2.05) is 0 Å². The molecule has 0 bridgehead atoms. The molecule has 4 aromatic rings. The molecule has 1 heteroatoms. The predicted octanol–water partition coefficient (Wildman–Crippen LogP) is 4.92. The van der Waals surface area contributed by atoms with E-state index in [0.29, 0.717) is 0 Å². The fourth-order valence-electron chi connectivity index (χ4n) is 4.00. The molecular weight excluding hydrogens is 343 g/mol. The van der Waals surface area contributed by atoms with Crippen molar-refractivity contribution in [3.05, 3.63) is 120 Å². The third-order valence-electron chi connectivity index (χ3n) is 5.14. The molecule has 0 saturated heterocycles. The van der Waals surface area contributed by atoms with Crippen molar-refractivity contribution in [1.82, 2.24) is 0 Å². The predicted molar refractivity (Wildman–Crippen MR) is 121 cm³/mol. The van der Waals surface area contributed by atoms with E-state index >= 15 is 0 Å². The first-order chi connectivity index (χ1) is 13.2. The monoisotopic (exact) mass is 367 g/mol. The molecule has 0 aliphatic carbocycles. The molecule has 0 unspecified atom stereocenters. The Labute approximate surface area is 162 Å². The summed E-state index contributed by atoms with van der Waals surface area (Å²) < 4.78 is 0. The first kappa shape index (κ1) is 17.7. The minimum Gasteiger partial charge on any atom is -0.0620 e. The molecule has 0 spiro atoms. The molecule has 0 heterocycles. The maximum Gasteiger partial charge on any atom is 0.144 e. The zero-order chi connectivity index (χ0) is 18.7. The first-order valence-electron chi connectivity index (χ1n) is 9.36. The first-order valence-corrected chi connectivity index (χ1v) is 11.2. The molecule has 0 saturated carbocycles. The lowest BCUT2D eigenvalue weighted by atomic mass is 10.2. The number of hydrogen-bond donors (Lipinski definition) is 0. The van der Waals surface area contributed by atoms with E-state index in [4.69, 9.17) is 0 Å². The van der Waals surface area contributed by atoms with Crippen molar-refractivity contribution in [2.24, 2.45) is 0 Å². The van der Waals surface area contributed by atoms with Crippen LogP contribution in [0, 0.1) is 13.8 Å². The van der Waals surface area contributed by atoms with Gasteiger partial charge in [-0.1, -0.05) is 72.3 Å². The van der Waals surface area contributed by atoms with Crippen LogP contribution in [-0.2, 0) is 0 Å². The van der Waals surface area contributed by atoms with Crippen molar-refractivity contribution in [3.63, 3.8) is 0 Å². The minimum absolute atomic E-state index is 1.31. The normalized spacial score (nSPS) is 11.3. The van der Waals surface area contributed by atoms with Crippen LogP contribution in [0.4, 0.5) is 0 Å². The lowest BCUT2D eigenvalue weighted by Crippen LogP contribution is -2.39. The van der Waals surface area contributed by atoms with E-state index in [1.54, 1.807) is 0 Å². The zero-order valence-corrected chi connectivity index (χ0v) is 16.7. The average molecular weight is 367 g/mol. The van der Waals surface area contributed by atoms with Gasteiger partial charge >= 0.3 is 0 Å². The summed E-state index contributed by atoms with van der Waals surface area (Å²) in [5.74, 6) is 0. The van der Waals surface area contributed by atoms with Gasteiger partial charge < -0.3 is 0 Å². The van der Waals surface area contributed by atoms with Gasteiger partial charge in [0.2, 0.25) is 0 Å². The fourth-order valence-corrected chi connectivity index (χ4v) is 8.48. The molecule has 0 aromatic heterocycles. The Kier molecular flexibility index (Phi) is 4.92. The molecule has 0 amide bonds. The Morgan fingerprint density at radius 3 is 1.26 bits per heavy atom. The van der Waals surface area contributed by atoms with Gasteiger partial charge in [-0.2, -0.15) is 0 Å². The molecule has 0 nitrogen and oxygen atoms in total. The molecule has 0 radical (unpaired) electrons. The molecule has 4 rings (SSSR count). The molecule has 132 valence electrons. The molecule has 0 atom stereocenters. The van der Waals surface area contributed by atoms with Gasteiger partial charge in [0.05, 0.1) is 0 Å². The lowest BCUT2D eigenvalue weighted by Gasteiger charge is -2.28. The molecule has 27 heavy (non-hydrogen) atoms. The molecule has 0 aliphatic rings. The highest BCUT2D eigenvalue weighted by Crippen LogP contribution is 2.54. The summed E-state index contributed by atoms with van der Waals surface area (Å²) in [6, 6.07) is 40.0. The smallest absolute Gasteiger partial charge is 0.0620 e. The third-order valence-corrected chi connectivity index (χ3v) is 9.59. The van der Waals surface area contributed by atoms with Crippen molar-refractivity contribution in [2.75, 3.05) is 0 Å². The minimum atomic E-state index is -1.96. The van der Waals surface area contributed by atoms with Crippen LogP contribution in [0.2, 0.25) is 0 Å². The fraction of sp³-hybridized carbons (Fsp3) is 0.0769. The van der Waals surface area contributed by atoms with E-state index in [2.05, 4.69) is 123 Å². The van der Waals surface area contributed by atoms with Gasteiger partial charge in [0.15, 0.2) is 0 Å². The second-order valence-electron chi connectivity index (χ2n) is 6.97. The summed E-state index contributed by atoms with van der Waals surface area (Å²) in [6.07, 6.45) is 0. The second kappa shape index (κ2) is 7.51. The zero-order valence-electron chi connectivity index (χ0n) is 15.8. The van der Waals surface area contributed by atoms with E-state index < -0.39 is 7.26 Å². The Morgan fingerprint density at radius 2 is 0.889 bits per heavy atom. The van der Waals surface area contributed by atoms with Crippen LogP contribution in [-0.4, -0.2) is 0 Å². The maximum absolute atomic E-state index is 2.35. The second-order valence-corrected chi connectivity index (χ2v) is 10.3. The van der Waals surface area contributed by atoms with Crippen LogP contribution in [0.5, 0.6) is 0 Å². The number of aryl methyl sites for hydroxylation is 2. The van der Waals surface area contributed by atoms with Gasteiger partial charge in [-0.25, -0.2) is 0 Å². The number of rotatable bonds is 4.